The Bertz CT molecular complexity index is 1230. The molecule has 0 aliphatic rings. The standard InChI is InChI=1S/C22H18N6O4/c29-22(32-15-21-24-25-26-27(21)17-9-5-2-6-10-17)19-13-18(28(30)31)11-12-20(19)23-14-16-7-3-1-4-8-16/h1-13,23H,14-15H2. The molecule has 0 unspecified atom stereocenters. The monoisotopic (exact) mass is 430 g/mol. The van der Waals surface area contributed by atoms with Crippen molar-refractivity contribution >= 4 is 17.3 Å². The van der Waals surface area contributed by atoms with E-state index in [0.29, 0.717) is 23.7 Å². The number of aromatic nitrogens is 4. The lowest BCUT2D eigenvalue weighted by Crippen LogP contribution is -2.13. The number of esters is 1. The quantitative estimate of drug-likeness (QED) is 0.256. The fraction of sp³-hybridized carbons (Fsp3) is 0.0909. The SMILES string of the molecule is O=C(OCc1nnnn1-c1ccccc1)c1cc([N+](=O)[O-])ccc1NCc1ccccc1. The molecule has 0 amide bonds. The second-order valence-electron chi connectivity index (χ2n) is 6.74. The zero-order chi connectivity index (χ0) is 22.3. The summed E-state index contributed by atoms with van der Waals surface area (Å²) in [5.74, 6) is -0.416. The fourth-order valence-corrected chi connectivity index (χ4v) is 3.04. The Morgan fingerprint density at radius 3 is 2.47 bits per heavy atom. The van der Waals surface area contributed by atoms with Crippen LogP contribution in [0.25, 0.3) is 5.69 Å². The summed E-state index contributed by atoms with van der Waals surface area (Å²) >= 11 is 0. The molecule has 0 radical (unpaired) electrons. The highest BCUT2D eigenvalue weighted by atomic mass is 16.6. The van der Waals surface area contributed by atoms with Crippen LogP contribution < -0.4 is 5.32 Å². The molecule has 4 aromatic rings. The molecular weight excluding hydrogens is 412 g/mol. The number of carbonyl (C=O) groups is 1. The molecular formula is C22H18N6O4. The lowest BCUT2D eigenvalue weighted by atomic mass is 10.1. The number of rotatable bonds is 8. The number of para-hydroxylation sites is 1. The fourth-order valence-electron chi connectivity index (χ4n) is 3.04. The number of ether oxygens (including phenoxy) is 1. The van der Waals surface area contributed by atoms with Crippen molar-refractivity contribution in [3.05, 3.63) is 106 Å². The molecule has 0 bridgehead atoms. The maximum absolute atomic E-state index is 12.8. The molecule has 1 N–H and O–H groups in total. The zero-order valence-electron chi connectivity index (χ0n) is 16.8. The summed E-state index contributed by atoms with van der Waals surface area (Å²) in [6.07, 6.45) is 0. The van der Waals surface area contributed by atoms with Gasteiger partial charge in [0.1, 0.15) is 0 Å². The summed E-state index contributed by atoms with van der Waals surface area (Å²) in [6.45, 7) is 0.229. The Morgan fingerprint density at radius 1 is 1.03 bits per heavy atom. The van der Waals surface area contributed by atoms with Crippen molar-refractivity contribution in [2.45, 2.75) is 13.2 Å². The van der Waals surface area contributed by atoms with Crippen LogP contribution in [0, 0.1) is 10.1 Å². The summed E-state index contributed by atoms with van der Waals surface area (Å²) < 4.78 is 6.85. The molecule has 10 heteroatoms. The van der Waals surface area contributed by atoms with Crippen LogP contribution in [-0.2, 0) is 17.9 Å². The van der Waals surface area contributed by atoms with Crippen LogP contribution in [0.4, 0.5) is 11.4 Å². The van der Waals surface area contributed by atoms with E-state index in [4.69, 9.17) is 4.74 Å². The van der Waals surface area contributed by atoms with Gasteiger partial charge < -0.3 is 10.1 Å². The summed E-state index contributed by atoms with van der Waals surface area (Å²) in [6, 6.07) is 22.7. The van der Waals surface area contributed by atoms with Crippen molar-refractivity contribution in [1.82, 2.24) is 20.2 Å². The first kappa shape index (κ1) is 20.7. The average molecular weight is 430 g/mol. The molecule has 0 saturated heterocycles. The third-order valence-electron chi connectivity index (χ3n) is 4.63. The van der Waals surface area contributed by atoms with E-state index in [1.54, 1.807) is 0 Å². The Balaban J connectivity index is 1.53. The number of hydrogen-bond donors (Lipinski definition) is 1. The van der Waals surface area contributed by atoms with Gasteiger partial charge >= 0.3 is 5.97 Å². The average Bonchev–Trinajstić information content (AvgIpc) is 3.31. The summed E-state index contributed by atoms with van der Waals surface area (Å²) in [5, 5.41) is 25.8. The summed E-state index contributed by atoms with van der Waals surface area (Å²) in [5.41, 5.74) is 1.97. The second kappa shape index (κ2) is 9.47. The smallest absolute Gasteiger partial charge is 0.340 e. The van der Waals surface area contributed by atoms with E-state index in [-0.39, 0.29) is 17.9 Å². The maximum Gasteiger partial charge on any atom is 0.340 e. The first-order chi connectivity index (χ1) is 15.6. The number of carbonyl (C=O) groups excluding carboxylic acids is 1. The van der Waals surface area contributed by atoms with Gasteiger partial charge in [-0.05, 0) is 34.2 Å². The molecule has 1 heterocycles. The van der Waals surface area contributed by atoms with E-state index in [1.807, 2.05) is 60.7 Å². The molecule has 0 saturated carbocycles. The number of nitro groups is 1. The van der Waals surface area contributed by atoms with Crippen LogP contribution in [-0.4, -0.2) is 31.1 Å². The predicted octanol–water partition coefficient (Wildman–Crippen LogP) is 3.54. The zero-order valence-corrected chi connectivity index (χ0v) is 16.8. The highest BCUT2D eigenvalue weighted by Gasteiger charge is 2.19. The first-order valence-electron chi connectivity index (χ1n) is 9.68. The van der Waals surface area contributed by atoms with E-state index in [0.717, 1.165) is 5.56 Å². The molecule has 0 atom stereocenters. The molecule has 10 nitrogen and oxygen atoms in total. The van der Waals surface area contributed by atoms with Gasteiger partial charge in [-0.25, -0.2) is 4.79 Å². The van der Waals surface area contributed by atoms with Crippen molar-refractivity contribution < 1.29 is 14.5 Å². The van der Waals surface area contributed by atoms with Gasteiger partial charge in [-0.15, -0.1) is 5.10 Å². The van der Waals surface area contributed by atoms with Gasteiger partial charge in [-0.3, -0.25) is 10.1 Å². The normalized spacial score (nSPS) is 10.5. The topological polar surface area (TPSA) is 125 Å². The Labute approximate surface area is 182 Å². The van der Waals surface area contributed by atoms with E-state index in [2.05, 4.69) is 20.8 Å². The van der Waals surface area contributed by atoms with Gasteiger partial charge in [0.05, 0.1) is 16.2 Å². The largest absolute Gasteiger partial charge is 0.454 e. The van der Waals surface area contributed by atoms with Gasteiger partial charge in [0, 0.05) is 24.4 Å². The molecule has 0 aliphatic heterocycles. The third kappa shape index (κ3) is 4.75. The Morgan fingerprint density at radius 2 is 1.75 bits per heavy atom. The van der Waals surface area contributed by atoms with Gasteiger partial charge in [0.15, 0.2) is 12.4 Å². The lowest BCUT2D eigenvalue weighted by molar-refractivity contribution is -0.384. The number of anilines is 1. The summed E-state index contributed by atoms with van der Waals surface area (Å²) in [7, 11) is 0. The minimum Gasteiger partial charge on any atom is -0.454 e. The van der Waals surface area contributed by atoms with Crippen molar-refractivity contribution in [2.75, 3.05) is 5.32 Å². The molecule has 4 rings (SSSR count). The molecule has 32 heavy (non-hydrogen) atoms. The second-order valence-corrected chi connectivity index (χ2v) is 6.74. The van der Waals surface area contributed by atoms with Crippen LogP contribution in [0.2, 0.25) is 0 Å². The van der Waals surface area contributed by atoms with E-state index < -0.39 is 10.9 Å². The van der Waals surface area contributed by atoms with Gasteiger partial charge in [-0.2, -0.15) is 4.68 Å². The number of tetrazole rings is 1. The van der Waals surface area contributed by atoms with E-state index >= 15 is 0 Å². The molecule has 1 aromatic heterocycles. The molecule has 0 fully saturated rings. The van der Waals surface area contributed by atoms with Crippen molar-refractivity contribution in [3.8, 4) is 5.69 Å². The predicted molar refractivity (Wildman–Crippen MR) is 115 cm³/mol. The molecule has 160 valence electrons. The van der Waals surface area contributed by atoms with Gasteiger partial charge in [0.2, 0.25) is 0 Å². The van der Waals surface area contributed by atoms with E-state index in [1.165, 1.54) is 22.9 Å². The van der Waals surface area contributed by atoms with Gasteiger partial charge in [-0.1, -0.05) is 48.5 Å². The van der Waals surface area contributed by atoms with Crippen LogP contribution in [0.5, 0.6) is 0 Å². The Hall–Kier alpha value is -4.60. The third-order valence-corrected chi connectivity index (χ3v) is 4.63. The minimum atomic E-state index is -0.730. The summed E-state index contributed by atoms with van der Waals surface area (Å²) in [4.78, 5) is 23.5. The van der Waals surface area contributed by atoms with E-state index in [9.17, 15) is 14.9 Å². The molecule has 0 aliphatic carbocycles. The van der Waals surface area contributed by atoms with Crippen LogP contribution in [0.3, 0.4) is 0 Å². The van der Waals surface area contributed by atoms with Crippen molar-refractivity contribution in [3.63, 3.8) is 0 Å². The number of benzene rings is 3. The molecule has 3 aromatic carbocycles. The van der Waals surface area contributed by atoms with Gasteiger partial charge in [0.25, 0.3) is 5.69 Å². The Kier molecular flexibility index (Phi) is 6.12. The number of nitrogens with zero attached hydrogens (tertiary/aromatic N) is 5. The van der Waals surface area contributed by atoms with Crippen molar-refractivity contribution in [1.29, 1.82) is 0 Å². The van der Waals surface area contributed by atoms with Crippen molar-refractivity contribution in [2.24, 2.45) is 0 Å². The number of nitro benzene ring substituents is 1. The number of nitrogens with one attached hydrogen (secondary N) is 1. The first-order valence-corrected chi connectivity index (χ1v) is 9.68. The maximum atomic E-state index is 12.8. The number of non-ortho nitro benzene ring substituents is 1. The highest BCUT2D eigenvalue weighted by molar-refractivity contribution is 5.96. The van der Waals surface area contributed by atoms with Crippen LogP contribution in [0.1, 0.15) is 21.7 Å². The molecule has 0 spiro atoms. The van der Waals surface area contributed by atoms with Crippen LogP contribution in [0.15, 0.2) is 78.9 Å². The lowest BCUT2D eigenvalue weighted by Gasteiger charge is -2.12. The highest BCUT2D eigenvalue weighted by Crippen LogP contribution is 2.24. The van der Waals surface area contributed by atoms with Crippen LogP contribution >= 0.6 is 0 Å². The minimum absolute atomic E-state index is 0.0499. The number of hydrogen-bond acceptors (Lipinski definition) is 8.